The van der Waals surface area contributed by atoms with Gasteiger partial charge in [-0.15, -0.1) is 0 Å². The molecule has 0 radical (unpaired) electrons. The predicted molar refractivity (Wildman–Crippen MR) is 74.3 cm³/mol. The van der Waals surface area contributed by atoms with Gasteiger partial charge in [0.25, 0.3) is 5.91 Å². The van der Waals surface area contributed by atoms with E-state index in [4.69, 9.17) is 4.42 Å². The second kappa shape index (κ2) is 8.37. The number of ether oxygens (including phenoxy) is 1. The maximum atomic E-state index is 11.8. The van der Waals surface area contributed by atoms with Crippen LogP contribution in [0.2, 0.25) is 0 Å². The number of nitrogens with one attached hydrogen (secondary N) is 1. The van der Waals surface area contributed by atoms with Gasteiger partial charge >= 0.3 is 5.97 Å². The van der Waals surface area contributed by atoms with Crippen LogP contribution < -0.4 is 5.32 Å². The van der Waals surface area contributed by atoms with Gasteiger partial charge in [0, 0.05) is 6.54 Å². The van der Waals surface area contributed by atoms with Crippen molar-refractivity contribution < 1.29 is 18.7 Å². The van der Waals surface area contributed by atoms with Gasteiger partial charge in [0.15, 0.2) is 5.76 Å². The van der Waals surface area contributed by atoms with Crippen LogP contribution >= 0.6 is 0 Å². The highest BCUT2D eigenvalue weighted by atomic mass is 16.5. The van der Waals surface area contributed by atoms with Crippen LogP contribution in [-0.2, 0) is 16.1 Å². The molecule has 1 heterocycles. The SMILES string of the molecule is CCN(CC)Cc1ccc(C(=O)NCCC(=O)OC)o1. The van der Waals surface area contributed by atoms with Crippen LogP contribution in [0, 0.1) is 0 Å². The lowest BCUT2D eigenvalue weighted by Crippen LogP contribution is -2.26. The second-order valence-corrected chi connectivity index (χ2v) is 4.31. The van der Waals surface area contributed by atoms with E-state index in [9.17, 15) is 9.59 Å². The molecule has 1 amide bonds. The molecule has 0 bridgehead atoms. The fraction of sp³-hybridized carbons (Fsp3) is 0.571. The van der Waals surface area contributed by atoms with Crippen molar-refractivity contribution in [1.82, 2.24) is 10.2 Å². The first-order valence-electron chi connectivity index (χ1n) is 6.76. The summed E-state index contributed by atoms with van der Waals surface area (Å²) in [5.41, 5.74) is 0. The highest BCUT2D eigenvalue weighted by Crippen LogP contribution is 2.10. The van der Waals surface area contributed by atoms with E-state index < -0.39 is 0 Å². The van der Waals surface area contributed by atoms with E-state index >= 15 is 0 Å². The Labute approximate surface area is 119 Å². The number of hydrogen-bond donors (Lipinski definition) is 1. The molecule has 1 rings (SSSR count). The molecule has 0 unspecified atom stereocenters. The fourth-order valence-corrected chi connectivity index (χ4v) is 1.72. The van der Waals surface area contributed by atoms with Crippen LogP contribution in [0.1, 0.15) is 36.6 Å². The quantitative estimate of drug-likeness (QED) is 0.730. The van der Waals surface area contributed by atoms with E-state index in [1.54, 1.807) is 12.1 Å². The predicted octanol–water partition coefficient (Wildman–Crippen LogP) is 1.41. The summed E-state index contributed by atoms with van der Waals surface area (Å²) in [5.74, 6) is 0.343. The maximum absolute atomic E-state index is 11.8. The molecule has 0 spiro atoms. The van der Waals surface area contributed by atoms with E-state index in [0.717, 1.165) is 18.8 Å². The zero-order valence-electron chi connectivity index (χ0n) is 12.3. The molecule has 112 valence electrons. The minimum atomic E-state index is -0.355. The number of furan rings is 1. The highest BCUT2D eigenvalue weighted by Gasteiger charge is 2.12. The Balaban J connectivity index is 2.45. The Morgan fingerprint density at radius 2 is 2.00 bits per heavy atom. The minimum absolute atomic E-state index is 0.148. The third-order valence-corrected chi connectivity index (χ3v) is 3.00. The topological polar surface area (TPSA) is 71.8 Å². The molecule has 0 saturated carbocycles. The van der Waals surface area contributed by atoms with E-state index in [-0.39, 0.29) is 30.6 Å². The summed E-state index contributed by atoms with van der Waals surface area (Å²) in [6.45, 7) is 6.93. The Morgan fingerprint density at radius 3 is 2.60 bits per heavy atom. The molecular formula is C14H22N2O4. The molecule has 1 aromatic heterocycles. The Morgan fingerprint density at radius 1 is 1.30 bits per heavy atom. The van der Waals surface area contributed by atoms with Crippen molar-refractivity contribution in [3.8, 4) is 0 Å². The van der Waals surface area contributed by atoms with Gasteiger partial charge in [-0.2, -0.15) is 0 Å². The first-order valence-corrected chi connectivity index (χ1v) is 6.76. The molecule has 6 heteroatoms. The summed E-state index contributed by atoms with van der Waals surface area (Å²) in [6, 6.07) is 3.44. The molecule has 0 aromatic carbocycles. The van der Waals surface area contributed by atoms with Crippen LogP contribution in [0.4, 0.5) is 0 Å². The molecule has 0 aliphatic rings. The van der Waals surface area contributed by atoms with Crippen molar-refractivity contribution in [1.29, 1.82) is 0 Å². The number of amides is 1. The number of carbonyl (C=O) groups excluding carboxylic acids is 2. The zero-order chi connectivity index (χ0) is 15.0. The van der Waals surface area contributed by atoms with Crippen molar-refractivity contribution in [3.05, 3.63) is 23.7 Å². The molecule has 0 aliphatic carbocycles. The van der Waals surface area contributed by atoms with Gasteiger partial charge in [-0.25, -0.2) is 0 Å². The number of rotatable bonds is 8. The summed E-state index contributed by atoms with van der Waals surface area (Å²) >= 11 is 0. The summed E-state index contributed by atoms with van der Waals surface area (Å²) < 4.78 is 9.98. The van der Waals surface area contributed by atoms with E-state index in [0.29, 0.717) is 6.54 Å². The van der Waals surface area contributed by atoms with Gasteiger partial charge in [-0.05, 0) is 25.2 Å². The number of carbonyl (C=O) groups is 2. The normalized spacial score (nSPS) is 10.6. The largest absolute Gasteiger partial charge is 0.469 e. The average molecular weight is 282 g/mol. The third-order valence-electron chi connectivity index (χ3n) is 3.00. The number of methoxy groups -OCH3 is 1. The van der Waals surface area contributed by atoms with Crippen LogP contribution in [-0.4, -0.2) is 43.5 Å². The molecule has 20 heavy (non-hydrogen) atoms. The molecule has 1 N–H and O–H groups in total. The molecule has 0 aliphatic heterocycles. The molecular weight excluding hydrogens is 260 g/mol. The Bertz CT molecular complexity index is 438. The van der Waals surface area contributed by atoms with Crippen LogP contribution in [0.3, 0.4) is 0 Å². The monoisotopic (exact) mass is 282 g/mol. The van der Waals surface area contributed by atoms with Crippen molar-refractivity contribution in [2.45, 2.75) is 26.8 Å². The van der Waals surface area contributed by atoms with Gasteiger partial charge in [-0.1, -0.05) is 13.8 Å². The van der Waals surface area contributed by atoms with E-state index in [1.807, 2.05) is 0 Å². The smallest absolute Gasteiger partial charge is 0.307 e. The van der Waals surface area contributed by atoms with Gasteiger partial charge in [0.2, 0.25) is 0 Å². The zero-order valence-corrected chi connectivity index (χ0v) is 12.3. The molecule has 1 aromatic rings. The summed E-state index contributed by atoms with van der Waals surface area (Å²) in [7, 11) is 1.32. The second-order valence-electron chi connectivity index (χ2n) is 4.31. The van der Waals surface area contributed by atoms with Crippen LogP contribution in [0.5, 0.6) is 0 Å². The van der Waals surface area contributed by atoms with Crippen molar-refractivity contribution in [2.24, 2.45) is 0 Å². The van der Waals surface area contributed by atoms with E-state index in [1.165, 1.54) is 7.11 Å². The molecule has 0 fully saturated rings. The lowest BCUT2D eigenvalue weighted by atomic mass is 10.3. The van der Waals surface area contributed by atoms with Crippen molar-refractivity contribution in [3.63, 3.8) is 0 Å². The van der Waals surface area contributed by atoms with Crippen LogP contribution in [0.25, 0.3) is 0 Å². The fourth-order valence-electron chi connectivity index (χ4n) is 1.72. The maximum Gasteiger partial charge on any atom is 0.307 e. The first kappa shape index (κ1) is 16.2. The minimum Gasteiger partial charge on any atom is -0.469 e. The Kier molecular flexibility index (Phi) is 6.79. The third kappa shape index (κ3) is 5.05. The summed E-state index contributed by atoms with van der Waals surface area (Å²) in [6.07, 6.45) is 0.148. The van der Waals surface area contributed by atoms with Crippen LogP contribution in [0.15, 0.2) is 16.5 Å². The Hall–Kier alpha value is -1.82. The van der Waals surface area contributed by atoms with Crippen molar-refractivity contribution in [2.75, 3.05) is 26.7 Å². The molecule has 6 nitrogen and oxygen atoms in total. The number of nitrogens with zero attached hydrogens (tertiary/aromatic N) is 1. The average Bonchev–Trinajstić information content (AvgIpc) is 2.92. The van der Waals surface area contributed by atoms with Gasteiger partial charge < -0.3 is 14.5 Å². The highest BCUT2D eigenvalue weighted by molar-refractivity contribution is 5.91. The summed E-state index contributed by atoms with van der Waals surface area (Å²) in [5, 5.41) is 2.61. The van der Waals surface area contributed by atoms with E-state index in [2.05, 4.69) is 28.8 Å². The number of hydrogen-bond acceptors (Lipinski definition) is 5. The van der Waals surface area contributed by atoms with Crippen molar-refractivity contribution >= 4 is 11.9 Å². The van der Waals surface area contributed by atoms with Gasteiger partial charge in [0.05, 0.1) is 20.1 Å². The number of esters is 1. The van der Waals surface area contributed by atoms with Gasteiger partial charge in [-0.3, -0.25) is 14.5 Å². The first-order chi connectivity index (χ1) is 9.60. The van der Waals surface area contributed by atoms with Gasteiger partial charge in [0.1, 0.15) is 5.76 Å². The lowest BCUT2D eigenvalue weighted by molar-refractivity contribution is -0.140. The summed E-state index contributed by atoms with van der Waals surface area (Å²) in [4.78, 5) is 24.9. The molecule has 0 saturated heterocycles. The molecule has 0 atom stereocenters. The standard InChI is InChI=1S/C14H22N2O4/c1-4-16(5-2)10-11-6-7-12(20-11)14(18)15-9-8-13(17)19-3/h6-7H,4-5,8-10H2,1-3H3,(H,15,18). The lowest BCUT2D eigenvalue weighted by Gasteiger charge is -2.15.